The van der Waals surface area contributed by atoms with E-state index >= 15 is 0 Å². The fraction of sp³-hybridized carbons (Fsp3) is 0.381. The summed E-state index contributed by atoms with van der Waals surface area (Å²) in [6.07, 6.45) is -1.11. The SMILES string of the molecule is CCOC(=O)c1c(C)[nH]c(C(=O)C(C)OC(=O)c2sc3nc(C)[nH]c(=O)c3c2C)c1C. The Morgan fingerprint density at radius 1 is 1.06 bits per heavy atom. The van der Waals surface area contributed by atoms with Gasteiger partial charge in [0, 0.05) is 5.69 Å². The van der Waals surface area contributed by atoms with Crippen LogP contribution in [0.3, 0.4) is 0 Å². The molecule has 31 heavy (non-hydrogen) atoms. The van der Waals surface area contributed by atoms with Crippen molar-refractivity contribution in [2.75, 3.05) is 6.61 Å². The topological polar surface area (TPSA) is 131 Å². The summed E-state index contributed by atoms with van der Waals surface area (Å²) >= 11 is 1.04. The number of H-pyrrole nitrogens is 2. The molecule has 0 aliphatic heterocycles. The van der Waals surface area contributed by atoms with E-state index in [1.54, 1.807) is 34.6 Å². The van der Waals surface area contributed by atoms with Crippen molar-refractivity contribution in [1.29, 1.82) is 0 Å². The monoisotopic (exact) mass is 445 g/mol. The third-order valence-corrected chi connectivity index (χ3v) is 6.09. The molecule has 0 saturated carbocycles. The fourth-order valence-electron chi connectivity index (χ4n) is 3.42. The van der Waals surface area contributed by atoms with Crippen molar-refractivity contribution in [2.45, 2.75) is 47.6 Å². The Kier molecular flexibility index (Phi) is 6.12. The summed E-state index contributed by atoms with van der Waals surface area (Å²) in [6, 6.07) is 0. The predicted octanol–water partition coefficient (Wildman–Crippen LogP) is 3.15. The molecule has 3 aromatic heterocycles. The summed E-state index contributed by atoms with van der Waals surface area (Å²) in [5.74, 6) is -1.27. The van der Waals surface area contributed by atoms with Gasteiger partial charge >= 0.3 is 11.9 Å². The molecular weight excluding hydrogens is 422 g/mol. The van der Waals surface area contributed by atoms with Crippen molar-refractivity contribution >= 4 is 39.3 Å². The van der Waals surface area contributed by atoms with E-state index in [9.17, 15) is 19.2 Å². The molecule has 2 N–H and O–H groups in total. The van der Waals surface area contributed by atoms with E-state index < -0.39 is 23.8 Å². The summed E-state index contributed by atoms with van der Waals surface area (Å²) in [6.45, 7) is 9.96. The zero-order chi connectivity index (χ0) is 23.0. The number of aryl methyl sites for hydroxylation is 3. The largest absolute Gasteiger partial charge is 0.462 e. The maximum Gasteiger partial charge on any atom is 0.349 e. The standard InChI is InChI=1S/C21H23N3O6S/c1-7-29-20(27)13-8(2)15(22-10(13)4)16(25)11(5)30-21(28)17-9(3)14-18(26)23-12(6)24-19(14)31-17/h11,22H,7H2,1-6H3,(H,23,24,26). The van der Waals surface area contributed by atoms with Crippen LogP contribution in [0.15, 0.2) is 4.79 Å². The number of aromatic amines is 2. The molecule has 0 aliphatic carbocycles. The van der Waals surface area contributed by atoms with Crippen LogP contribution in [0.5, 0.6) is 0 Å². The third kappa shape index (κ3) is 4.02. The molecule has 0 bridgehead atoms. The normalized spacial score (nSPS) is 12.1. The molecule has 164 valence electrons. The van der Waals surface area contributed by atoms with Crippen molar-refractivity contribution in [3.63, 3.8) is 0 Å². The van der Waals surface area contributed by atoms with Crippen LogP contribution in [0.4, 0.5) is 0 Å². The van der Waals surface area contributed by atoms with Crippen molar-refractivity contribution < 1.29 is 23.9 Å². The average Bonchev–Trinajstić information content (AvgIpc) is 3.17. The average molecular weight is 445 g/mol. The number of ketones is 1. The minimum Gasteiger partial charge on any atom is -0.462 e. The van der Waals surface area contributed by atoms with E-state index in [-0.39, 0.29) is 22.7 Å². The summed E-state index contributed by atoms with van der Waals surface area (Å²) in [7, 11) is 0. The Labute approximate surface area is 181 Å². The van der Waals surface area contributed by atoms with E-state index in [0.717, 1.165) is 11.3 Å². The summed E-state index contributed by atoms with van der Waals surface area (Å²) < 4.78 is 10.4. The van der Waals surface area contributed by atoms with Gasteiger partial charge in [0.2, 0.25) is 5.78 Å². The number of fused-ring (bicyclic) bond motifs is 1. The van der Waals surface area contributed by atoms with Gasteiger partial charge in [-0.2, -0.15) is 0 Å². The molecule has 0 amide bonds. The van der Waals surface area contributed by atoms with Crippen molar-refractivity contribution in [3.05, 3.63) is 49.1 Å². The lowest BCUT2D eigenvalue weighted by atomic mass is 10.1. The molecule has 0 spiro atoms. The number of thiophene rings is 1. The number of rotatable bonds is 6. The number of nitrogens with zero attached hydrogens (tertiary/aromatic N) is 1. The van der Waals surface area contributed by atoms with E-state index in [1.807, 2.05) is 0 Å². The Balaban J connectivity index is 1.86. The summed E-state index contributed by atoms with van der Waals surface area (Å²) in [5.41, 5.74) is 1.54. The van der Waals surface area contributed by atoms with E-state index in [0.29, 0.717) is 38.4 Å². The lowest BCUT2D eigenvalue weighted by molar-refractivity contribution is 0.0321. The molecule has 10 heteroatoms. The van der Waals surface area contributed by atoms with Gasteiger partial charge in [-0.3, -0.25) is 9.59 Å². The van der Waals surface area contributed by atoms with E-state index in [2.05, 4.69) is 15.0 Å². The van der Waals surface area contributed by atoms with Gasteiger partial charge in [0.25, 0.3) is 5.56 Å². The first-order valence-electron chi connectivity index (χ1n) is 9.68. The molecule has 0 saturated heterocycles. The smallest absolute Gasteiger partial charge is 0.349 e. The molecule has 0 aromatic carbocycles. The van der Waals surface area contributed by atoms with E-state index in [1.165, 1.54) is 6.92 Å². The second-order valence-electron chi connectivity index (χ2n) is 7.14. The number of aromatic nitrogens is 3. The molecule has 1 unspecified atom stereocenters. The summed E-state index contributed by atoms with van der Waals surface area (Å²) in [5, 5.41) is 0.330. The molecule has 0 aliphatic rings. The Morgan fingerprint density at radius 3 is 2.39 bits per heavy atom. The second-order valence-corrected chi connectivity index (χ2v) is 8.14. The van der Waals surface area contributed by atoms with Gasteiger partial charge in [-0.15, -0.1) is 11.3 Å². The van der Waals surface area contributed by atoms with Crippen LogP contribution in [0.1, 0.15) is 67.0 Å². The highest BCUT2D eigenvalue weighted by atomic mass is 32.1. The number of carbonyl (C=O) groups excluding carboxylic acids is 3. The number of hydrogen-bond acceptors (Lipinski definition) is 8. The highest BCUT2D eigenvalue weighted by molar-refractivity contribution is 7.20. The fourth-order valence-corrected chi connectivity index (χ4v) is 4.53. The number of ether oxygens (including phenoxy) is 2. The Bertz CT molecular complexity index is 1270. The van der Waals surface area contributed by atoms with Crippen LogP contribution in [0.25, 0.3) is 10.2 Å². The number of nitrogens with one attached hydrogen (secondary N) is 2. The van der Waals surface area contributed by atoms with Crippen molar-refractivity contribution in [1.82, 2.24) is 15.0 Å². The molecule has 1 atom stereocenters. The Morgan fingerprint density at radius 2 is 1.74 bits per heavy atom. The molecule has 9 nitrogen and oxygen atoms in total. The number of Topliss-reactive ketones (excluding diaryl/α,β-unsaturated/α-hetero) is 1. The van der Waals surface area contributed by atoms with Gasteiger partial charge in [0.05, 0.1) is 23.3 Å². The minimum absolute atomic E-state index is 0.183. The highest BCUT2D eigenvalue weighted by Gasteiger charge is 2.29. The highest BCUT2D eigenvalue weighted by Crippen LogP contribution is 2.28. The maximum atomic E-state index is 12.9. The van der Waals surface area contributed by atoms with Crippen molar-refractivity contribution in [2.24, 2.45) is 0 Å². The van der Waals surface area contributed by atoms with Gasteiger partial charge in [0.1, 0.15) is 15.5 Å². The van der Waals surface area contributed by atoms with Crippen LogP contribution in [0.2, 0.25) is 0 Å². The molecule has 0 fully saturated rings. The van der Waals surface area contributed by atoms with E-state index in [4.69, 9.17) is 9.47 Å². The molecule has 3 aromatic rings. The maximum absolute atomic E-state index is 12.9. The van der Waals surface area contributed by atoms with Crippen LogP contribution >= 0.6 is 11.3 Å². The van der Waals surface area contributed by atoms with Gasteiger partial charge < -0.3 is 19.4 Å². The zero-order valence-corrected chi connectivity index (χ0v) is 18.9. The van der Waals surface area contributed by atoms with Crippen LogP contribution in [-0.4, -0.2) is 45.4 Å². The quantitative estimate of drug-likeness (QED) is 0.440. The lowest BCUT2D eigenvalue weighted by Gasteiger charge is -2.12. The van der Waals surface area contributed by atoms with Gasteiger partial charge in [0.15, 0.2) is 6.10 Å². The minimum atomic E-state index is -1.11. The van der Waals surface area contributed by atoms with Gasteiger partial charge in [-0.1, -0.05) is 0 Å². The Hall–Kier alpha value is -3.27. The predicted molar refractivity (Wildman–Crippen MR) is 115 cm³/mol. The number of esters is 2. The van der Waals surface area contributed by atoms with Crippen LogP contribution in [0, 0.1) is 27.7 Å². The first kappa shape index (κ1) is 22.4. The van der Waals surface area contributed by atoms with Gasteiger partial charge in [-0.25, -0.2) is 14.6 Å². The first-order valence-corrected chi connectivity index (χ1v) is 10.5. The molecule has 3 rings (SSSR count). The number of carbonyl (C=O) groups is 3. The summed E-state index contributed by atoms with van der Waals surface area (Å²) in [4.78, 5) is 60.4. The van der Waals surface area contributed by atoms with Gasteiger partial charge in [-0.05, 0) is 52.7 Å². The van der Waals surface area contributed by atoms with Crippen molar-refractivity contribution in [3.8, 4) is 0 Å². The molecule has 0 radical (unpaired) electrons. The van der Waals surface area contributed by atoms with Crippen LogP contribution < -0.4 is 5.56 Å². The third-order valence-electron chi connectivity index (χ3n) is 4.92. The molecular formula is C21H23N3O6S. The lowest BCUT2D eigenvalue weighted by Crippen LogP contribution is -2.25. The zero-order valence-electron chi connectivity index (χ0n) is 18.1. The first-order chi connectivity index (χ1) is 14.6. The second kappa shape index (κ2) is 8.46. The number of hydrogen-bond donors (Lipinski definition) is 2. The molecule has 3 heterocycles. The van der Waals surface area contributed by atoms with Crippen LogP contribution in [-0.2, 0) is 9.47 Å².